The lowest BCUT2D eigenvalue weighted by Crippen LogP contribution is -2.34. The van der Waals surface area contributed by atoms with Crippen LogP contribution < -0.4 is 10.6 Å². The number of carbonyl (C=O) groups is 1. The number of rotatable bonds is 3. The third-order valence-electron chi connectivity index (χ3n) is 4.38. The Bertz CT molecular complexity index is 662. The molecular formula is C18H20N2O2. The van der Waals surface area contributed by atoms with E-state index in [0.717, 1.165) is 25.9 Å². The number of hydrogen-bond acceptors (Lipinski definition) is 3. The Morgan fingerprint density at radius 1 is 1.05 bits per heavy atom. The summed E-state index contributed by atoms with van der Waals surface area (Å²) < 4.78 is 0. The summed E-state index contributed by atoms with van der Waals surface area (Å²) in [5, 5.41) is 9.37. The van der Waals surface area contributed by atoms with Crippen LogP contribution >= 0.6 is 0 Å². The van der Waals surface area contributed by atoms with Crippen LogP contribution in [-0.4, -0.2) is 24.2 Å². The predicted octanol–water partition coefficient (Wildman–Crippen LogP) is 3.35. The zero-order valence-electron chi connectivity index (χ0n) is 12.4. The summed E-state index contributed by atoms with van der Waals surface area (Å²) in [6, 6.07) is 15.6. The van der Waals surface area contributed by atoms with E-state index in [1.807, 2.05) is 6.07 Å². The Hall–Kier alpha value is -2.49. The zero-order chi connectivity index (χ0) is 15.5. The van der Waals surface area contributed by atoms with Crippen molar-refractivity contribution < 1.29 is 9.90 Å². The van der Waals surface area contributed by atoms with Crippen molar-refractivity contribution in [2.75, 3.05) is 23.7 Å². The maximum Gasteiger partial charge on any atom is 0.337 e. The number of aromatic carboxylic acids is 1. The molecule has 0 amide bonds. The van der Waals surface area contributed by atoms with Gasteiger partial charge in [0.25, 0.3) is 0 Å². The largest absolute Gasteiger partial charge is 0.478 e. The molecule has 3 rings (SSSR count). The molecule has 1 fully saturated rings. The summed E-state index contributed by atoms with van der Waals surface area (Å²) in [5.41, 5.74) is 8.89. The molecular weight excluding hydrogens is 276 g/mol. The highest BCUT2D eigenvalue weighted by molar-refractivity contribution is 5.98. The molecule has 1 aliphatic heterocycles. The second kappa shape index (κ2) is 6.10. The van der Waals surface area contributed by atoms with Crippen molar-refractivity contribution in [2.24, 2.45) is 0 Å². The van der Waals surface area contributed by atoms with E-state index in [-0.39, 0.29) is 5.56 Å². The number of benzene rings is 2. The summed E-state index contributed by atoms with van der Waals surface area (Å²) in [7, 11) is 0. The van der Waals surface area contributed by atoms with Gasteiger partial charge >= 0.3 is 5.97 Å². The van der Waals surface area contributed by atoms with Crippen LogP contribution in [0.15, 0.2) is 48.5 Å². The molecule has 0 unspecified atom stereocenters. The van der Waals surface area contributed by atoms with Gasteiger partial charge in [-0.2, -0.15) is 0 Å². The quantitative estimate of drug-likeness (QED) is 0.852. The molecule has 2 aromatic rings. The Balaban J connectivity index is 1.79. The lowest BCUT2D eigenvalue weighted by Gasteiger charge is -2.35. The lowest BCUT2D eigenvalue weighted by molar-refractivity contribution is 0.0697. The average molecular weight is 296 g/mol. The highest BCUT2D eigenvalue weighted by atomic mass is 16.4. The fourth-order valence-corrected chi connectivity index (χ4v) is 3.25. The number of anilines is 2. The fourth-order valence-electron chi connectivity index (χ4n) is 3.25. The van der Waals surface area contributed by atoms with E-state index in [4.69, 9.17) is 5.73 Å². The first-order valence-electron chi connectivity index (χ1n) is 7.58. The molecule has 0 saturated carbocycles. The molecule has 22 heavy (non-hydrogen) atoms. The van der Waals surface area contributed by atoms with Crippen molar-refractivity contribution in [3.8, 4) is 0 Å². The first-order chi connectivity index (χ1) is 10.7. The Kier molecular flexibility index (Phi) is 4.00. The van der Waals surface area contributed by atoms with Gasteiger partial charge in [0.15, 0.2) is 0 Å². The number of carboxylic acid groups (broad SMARTS) is 1. The van der Waals surface area contributed by atoms with Crippen molar-refractivity contribution in [1.29, 1.82) is 0 Å². The second-order valence-corrected chi connectivity index (χ2v) is 5.72. The first-order valence-corrected chi connectivity index (χ1v) is 7.58. The molecule has 1 saturated heterocycles. The molecule has 3 N–H and O–H groups in total. The number of piperidine rings is 1. The third-order valence-corrected chi connectivity index (χ3v) is 4.38. The third kappa shape index (κ3) is 2.77. The molecule has 2 aromatic carbocycles. The molecule has 114 valence electrons. The predicted molar refractivity (Wildman–Crippen MR) is 88.4 cm³/mol. The van der Waals surface area contributed by atoms with Gasteiger partial charge in [-0.15, -0.1) is 0 Å². The van der Waals surface area contributed by atoms with Crippen LogP contribution in [0.5, 0.6) is 0 Å². The van der Waals surface area contributed by atoms with E-state index in [1.54, 1.807) is 18.2 Å². The van der Waals surface area contributed by atoms with Gasteiger partial charge in [0.1, 0.15) is 0 Å². The van der Waals surface area contributed by atoms with Gasteiger partial charge in [-0.05, 0) is 36.5 Å². The second-order valence-electron chi connectivity index (χ2n) is 5.72. The van der Waals surface area contributed by atoms with Gasteiger partial charge in [-0.3, -0.25) is 0 Å². The SMILES string of the molecule is Nc1cccc(C(=O)O)c1N1CCC(c2ccccc2)CC1. The smallest absolute Gasteiger partial charge is 0.337 e. The maximum absolute atomic E-state index is 11.4. The molecule has 0 radical (unpaired) electrons. The molecule has 0 spiro atoms. The molecule has 0 aromatic heterocycles. The van der Waals surface area contributed by atoms with Gasteiger partial charge in [0.05, 0.1) is 16.9 Å². The van der Waals surface area contributed by atoms with Gasteiger partial charge in [0.2, 0.25) is 0 Å². The first kappa shape index (κ1) is 14.4. The van der Waals surface area contributed by atoms with E-state index >= 15 is 0 Å². The van der Waals surface area contributed by atoms with Crippen LogP contribution in [0.25, 0.3) is 0 Å². The van der Waals surface area contributed by atoms with Crippen molar-refractivity contribution in [1.82, 2.24) is 0 Å². The normalized spacial score (nSPS) is 15.7. The lowest BCUT2D eigenvalue weighted by atomic mass is 9.89. The van der Waals surface area contributed by atoms with Crippen LogP contribution in [0.4, 0.5) is 11.4 Å². The van der Waals surface area contributed by atoms with E-state index in [1.165, 1.54) is 5.56 Å². The van der Waals surface area contributed by atoms with Crippen molar-refractivity contribution in [3.63, 3.8) is 0 Å². The standard InChI is InChI=1S/C18H20N2O2/c19-16-8-4-7-15(18(21)22)17(16)20-11-9-14(10-12-20)13-5-2-1-3-6-13/h1-8,14H,9-12,19H2,(H,21,22). The van der Waals surface area contributed by atoms with Gasteiger partial charge in [-0.1, -0.05) is 36.4 Å². The molecule has 0 atom stereocenters. The van der Waals surface area contributed by atoms with Crippen LogP contribution in [-0.2, 0) is 0 Å². The summed E-state index contributed by atoms with van der Waals surface area (Å²) >= 11 is 0. The molecule has 4 nitrogen and oxygen atoms in total. The number of para-hydroxylation sites is 1. The van der Waals surface area contributed by atoms with Crippen LogP contribution in [0.2, 0.25) is 0 Å². The Morgan fingerprint density at radius 2 is 1.73 bits per heavy atom. The van der Waals surface area contributed by atoms with Gasteiger partial charge in [-0.25, -0.2) is 4.79 Å². The van der Waals surface area contributed by atoms with Crippen molar-refractivity contribution in [2.45, 2.75) is 18.8 Å². The minimum atomic E-state index is -0.924. The van der Waals surface area contributed by atoms with Crippen molar-refractivity contribution in [3.05, 3.63) is 59.7 Å². The van der Waals surface area contributed by atoms with Crippen LogP contribution in [0.1, 0.15) is 34.7 Å². The summed E-state index contributed by atoms with van der Waals surface area (Å²) in [6.45, 7) is 1.65. The minimum Gasteiger partial charge on any atom is -0.478 e. The topological polar surface area (TPSA) is 66.6 Å². The number of nitrogens with two attached hydrogens (primary N) is 1. The van der Waals surface area contributed by atoms with Gasteiger partial charge in [0, 0.05) is 13.1 Å². The van der Waals surface area contributed by atoms with E-state index in [0.29, 0.717) is 17.3 Å². The Morgan fingerprint density at radius 3 is 2.36 bits per heavy atom. The fraction of sp³-hybridized carbons (Fsp3) is 0.278. The number of hydrogen-bond donors (Lipinski definition) is 2. The highest BCUT2D eigenvalue weighted by Gasteiger charge is 2.25. The van der Waals surface area contributed by atoms with Crippen LogP contribution in [0.3, 0.4) is 0 Å². The monoisotopic (exact) mass is 296 g/mol. The van der Waals surface area contributed by atoms with E-state index in [9.17, 15) is 9.90 Å². The molecule has 1 aliphatic rings. The summed E-state index contributed by atoms with van der Waals surface area (Å²) in [6.07, 6.45) is 2.02. The molecule has 0 aliphatic carbocycles. The van der Waals surface area contributed by atoms with Crippen molar-refractivity contribution >= 4 is 17.3 Å². The maximum atomic E-state index is 11.4. The Labute approximate surface area is 130 Å². The summed E-state index contributed by atoms with van der Waals surface area (Å²) in [4.78, 5) is 13.5. The number of nitrogens with zero attached hydrogens (tertiary/aromatic N) is 1. The number of nitrogen functional groups attached to an aromatic ring is 1. The summed E-state index contributed by atoms with van der Waals surface area (Å²) in [5.74, 6) is -0.386. The van der Waals surface area contributed by atoms with E-state index < -0.39 is 5.97 Å². The van der Waals surface area contributed by atoms with E-state index in [2.05, 4.69) is 29.2 Å². The zero-order valence-corrected chi connectivity index (χ0v) is 12.4. The van der Waals surface area contributed by atoms with Crippen LogP contribution in [0, 0.1) is 0 Å². The molecule has 0 bridgehead atoms. The van der Waals surface area contributed by atoms with Gasteiger partial charge < -0.3 is 15.7 Å². The number of carboxylic acids is 1. The molecule has 1 heterocycles. The molecule has 4 heteroatoms. The minimum absolute atomic E-state index is 0.290. The highest BCUT2D eigenvalue weighted by Crippen LogP contribution is 2.34. The average Bonchev–Trinajstić information content (AvgIpc) is 2.55.